The van der Waals surface area contributed by atoms with Crippen molar-refractivity contribution in [3.05, 3.63) is 55.6 Å². The Labute approximate surface area is 550 Å². The van der Waals surface area contributed by atoms with Crippen LogP contribution < -0.4 is 48.5 Å². The quantitative estimate of drug-likeness (QED) is 0.0178. The standard InChI is InChI=1S/C24H23F18NO5.C24H21F18NO5.B.Na.H/c2*1-11(2)16(44)12-9-14(47-7-3-5-17(25,26)19(29,30)21(33,34)23(37,38)39)15(10-13(12)43(45)46)48-8-4-6-18(27,28)20(31,32)22(35,36)24(40,41)42;;;/h9-11,16,44H,3-8H2,1-2H3;9-11H,3-8H2,1-2H3;;;/q;;;+1;-1. The van der Waals surface area contributed by atoms with Gasteiger partial charge in [0.15, 0.2) is 28.8 Å². The van der Waals surface area contributed by atoms with Gasteiger partial charge in [-0.05, 0) is 37.7 Å². The van der Waals surface area contributed by atoms with E-state index in [2.05, 4.69) is 0 Å². The summed E-state index contributed by atoms with van der Waals surface area (Å²) in [6.45, 7) is -0.310. The van der Waals surface area contributed by atoms with E-state index < -0.39 is 253 Å². The molecule has 2 aromatic rings. The van der Waals surface area contributed by atoms with Crippen LogP contribution in [0.15, 0.2) is 24.3 Å². The molecule has 98 heavy (non-hydrogen) atoms. The Morgan fingerprint density at radius 2 is 0.612 bits per heavy atom. The number of benzene rings is 2. The summed E-state index contributed by atoms with van der Waals surface area (Å²) in [6, 6.07) is 1.62. The number of nitro benzene ring substituents is 2. The number of hydrogen-bond donors (Lipinski definition) is 1. The van der Waals surface area contributed by atoms with Gasteiger partial charge in [-0.3, -0.25) is 25.0 Å². The van der Waals surface area contributed by atoms with E-state index in [1.54, 1.807) is 0 Å². The Kier molecular flexibility index (Phi) is 31.2. The zero-order valence-electron chi connectivity index (χ0n) is 50.2. The zero-order valence-corrected chi connectivity index (χ0v) is 51.2. The van der Waals surface area contributed by atoms with Crippen molar-refractivity contribution in [2.45, 2.75) is 181 Å². The van der Waals surface area contributed by atoms with Crippen molar-refractivity contribution in [2.24, 2.45) is 11.8 Å². The summed E-state index contributed by atoms with van der Waals surface area (Å²) in [5.41, 5.74) is -3.65. The van der Waals surface area contributed by atoms with Crippen LogP contribution in [0, 0.1) is 32.1 Å². The number of nitrogens with zero attached hydrogens (tertiary/aromatic N) is 2. The number of aliphatic hydroxyl groups is 1. The Hall–Kier alpha value is -5.39. The zero-order chi connectivity index (χ0) is 76.2. The van der Waals surface area contributed by atoms with Crippen LogP contribution >= 0.6 is 0 Å². The fourth-order valence-electron chi connectivity index (χ4n) is 7.14. The summed E-state index contributed by atoms with van der Waals surface area (Å²) in [6.07, 6.45) is -45.8. The number of ketones is 1. The maximum absolute atomic E-state index is 13.8. The first-order valence-corrected chi connectivity index (χ1v) is 25.6. The van der Waals surface area contributed by atoms with E-state index in [-0.39, 0.29) is 39.4 Å². The van der Waals surface area contributed by atoms with Gasteiger partial charge in [0.1, 0.15) is 0 Å². The smallest absolute Gasteiger partial charge is 1.00 e. The topological polar surface area (TPSA) is 161 Å². The summed E-state index contributed by atoms with van der Waals surface area (Å²) < 4.78 is 489. The minimum atomic E-state index is -7.21. The molecule has 12 nitrogen and oxygen atoms in total. The Bertz CT molecular complexity index is 2980. The number of carbonyl (C=O) groups excluding carboxylic acids is 1. The van der Waals surface area contributed by atoms with Crippen LogP contribution in [0.5, 0.6) is 23.0 Å². The molecule has 1 atom stereocenters. The summed E-state index contributed by atoms with van der Waals surface area (Å²) in [4.78, 5) is 33.0. The number of nitro groups is 2. The number of ether oxygens (including phenoxy) is 4. The predicted octanol–water partition coefficient (Wildman–Crippen LogP) is 16.0. The average Bonchev–Trinajstić information content (AvgIpc) is 0.765. The number of alkyl halides is 36. The molecule has 0 aromatic heterocycles. The van der Waals surface area contributed by atoms with Gasteiger partial charge in [0, 0.05) is 46.1 Å². The summed E-state index contributed by atoms with van der Waals surface area (Å²) in [5.74, 6) is -87.8. The molecule has 2 rings (SSSR count). The molecule has 1 unspecified atom stereocenters. The number of aliphatic hydroxyl groups excluding tert-OH is 1. The maximum Gasteiger partial charge on any atom is 1.00 e. The molecular formula is C48H45BF36N2NaO10. The summed E-state index contributed by atoms with van der Waals surface area (Å²) in [7, 11) is 0. The molecular weight excluding hydrogens is 1480 g/mol. The SMILES string of the molecule is CC(C)C(=O)c1cc(OCCCC(F)(F)C(F)(F)C(F)(F)C(F)(F)F)c(OCCCC(F)(F)C(F)(F)C(F)(F)C(F)(F)F)cc1[N+](=O)[O-].CC(C)C(O)c1cc(OCCCC(F)(F)C(F)(F)C(F)(F)C(F)(F)F)c(OCCCC(F)(F)C(F)(F)C(F)(F)C(F)(F)F)cc1[N+](=O)[O-].[B].[H-].[Na+]. The van der Waals surface area contributed by atoms with Gasteiger partial charge in [0.25, 0.3) is 11.4 Å². The predicted molar refractivity (Wildman–Crippen MR) is 255 cm³/mol. The van der Waals surface area contributed by atoms with Crippen LogP contribution in [0.25, 0.3) is 0 Å². The van der Waals surface area contributed by atoms with Crippen molar-refractivity contribution in [3.63, 3.8) is 0 Å². The molecule has 0 bridgehead atoms. The van der Waals surface area contributed by atoms with Gasteiger partial charge in [-0.25, -0.2) is 0 Å². The third kappa shape index (κ3) is 20.0. The van der Waals surface area contributed by atoms with Crippen molar-refractivity contribution in [1.82, 2.24) is 0 Å². The summed E-state index contributed by atoms with van der Waals surface area (Å²) >= 11 is 0. The molecule has 2 aromatic carbocycles. The first-order chi connectivity index (χ1) is 42.4. The van der Waals surface area contributed by atoms with Crippen molar-refractivity contribution < 1.29 is 228 Å². The fraction of sp³-hybridized carbons (Fsp3) is 0.729. The molecule has 0 saturated heterocycles. The second-order valence-electron chi connectivity index (χ2n) is 20.6. The molecule has 563 valence electrons. The molecule has 1 N–H and O–H groups in total. The Balaban J connectivity index is -0.00000181. The third-order valence-electron chi connectivity index (χ3n) is 12.7. The Morgan fingerprint density at radius 1 is 0.398 bits per heavy atom. The van der Waals surface area contributed by atoms with Gasteiger partial charge < -0.3 is 25.5 Å². The van der Waals surface area contributed by atoms with E-state index in [0.717, 1.165) is 0 Å². The maximum atomic E-state index is 13.8. The van der Waals surface area contributed by atoms with Gasteiger partial charge in [0.05, 0.1) is 65.6 Å². The average molecular weight is 1530 g/mol. The van der Waals surface area contributed by atoms with Gasteiger partial charge in [0.2, 0.25) is 0 Å². The molecule has 3 radical (unpaired) electrons. The van der Waals surface area contributed by atoms with Crippen LogP contribution in [-0.4, -0.2) is 151 Å². The molecule has 0 aliphatic carbocycles. The van der Waals surface area contributed by atoms with Crippen LogP contribution in [0.4, 0.5) is 169 Å². The van der Waals surface area contributed by atoms with Crippen LogP contribution in [-0.2, 0) is 0 Å². The van der Waals surface area contributed by atoms with Gasteiger partial charge >= 0.3 is 125 Å². The van der Waals surface area contributed by atoms with Gasteiger partial charge in [-0.1, -0.05) is 27.7 Å². The molecule has 50 heteroatoms. The number of hydrogen-bond acceptors (Lipinski definition) is 10. The second-order valence-corrected chi connectivity index (χ2v) is 20.6. The summed E-state index contributed by atoms with van der Waals surface area (Å²) in [5, 5.41) is 33.3. The van der Waals surface area contributed by atoms with E-state index in [4.69, 9.17) is 18.9 Å². The number of carbonyl (C=O) groups is 1. The molecule has 0 spiro atoms. The van der Waals surface area contributed by atoms with Crippen molar-refractivity contribution >= 4 is 25.6 Å². The molecule has 0 heterocycles. The monoisotopic (exact) mass is 1530 g/mol. The van der Waals surface area contributed by atoms with Crippen molar-refractivity contribution in [1.29, 1.82) is 0 Å². The van der Waals surface area contributed by atoms with Crippen LogP contribution in [0.3, 0.4) is 0 Å². The third-order valence-corrected chi connectivity index (χ3v) is 12.7. The molecule has 0 aliphatic heterocycles. The molecule has 0 aliphatic rings. The Morgan fingerprint density at radius 3 is 0.816 bits per heavy atom. The first-order valence-electron chi connectivity index (χ1n) is 25.6. The van der Waals surface area contributed by atoms with Gasteiger partial charge in [-0.15, -0.1) is 0 Å². The molecule has 0 fully saturated rings. The number of rotatable bonds is 34. The number of halogens is 36. The minimum absolute atomic E-state index is 0. The van der Waals surface area contributed by atoms with E-state index in [9.17, 15) is 188 Å². The van der Waals surface area contributed by atoms with Crippen molar-refractivity contribution in [3.8, 4) is 23.0 Å². The second kappa shape index (κ2) is 32.3. The molecule has 0 amide bonds. The normalized spacial score (nSPS) is 14.4. The van der Waals surface area contributed by atoms with E-state index in [1.165, 1.54) is 27.7 Å². The fourth-order valence-corrected chi connectivity index (χ4v) is 7.14. The van der Waals surface area contributed by atoms with E-state index in [1.807, 2.05) is 0 Å². The molecule has 0 saturated carbocycles. The number of Topliss-reactive ketones (excluding diaryl/α,β-unsaturated/α-hetero) is 1. The van der Waals surface area contributed by atoms with Gasteiger partial charge in [-0.2, -0.15) is 158 Å². The first kappa shape index (κ1) is 94.7. The van der Waals surface area contributed by atoms with Crippen LogP contribution in [0.1, 0.15) is 103 Å². The van der Waals surface area contributed by atoms with E-state index >= 15 is 0 Å². The van der Waals surface area contributed by atoms with Crippen LogP contribution in [0.2, 0.25) is 0 Å². The largest absolute Gasteiger partial charge is 1.00 e. The van der Waals surface area contributed by atoms with Crippen molar-refractivity contribution in [2.75, 3.05) is 26.4 Å². The minimum Gasteiger partial charge on any atom is -1.00 e. The van der Waals surface area contributed by atoms with E-state index in [0.29, 0.717) is 24.3 Å².